The van der Waals surface area contributed by atoms with Gasteiger partial charge in [-0.05, 0) is 41.1 Å². The van der Waals surface area contributed by atoms with E-state index in [0.29, 0.717) is 23.7 Å². The zero-order chi connectivity index (χ0) is 14.0. The number of hydrogen-bond acceptors (Lipinski definition) is 3. The van der Waals surface area contributed by atoms with E-state index >= 15 is 0 Å². The molecule has 104 valence electrons. The van der Waals surface area contributed by atoms with E-state index in [-0.39, 0.29) is 24.7 Å². The molecule has 0 aliphatic carbocycles. The molecule has 0 spiro atoms. The Labute approximate surface area is 125 Å². The van der Waals surface area contributed by atoms with E-state index in [1.165, 1.54) is 0 Å². The van der Waals surface area contributed by atoms with E-state index in [1.54, 1.807) is 23.1 Å². The molecule has 1 saturated heterocycles. The van der Waals surface area contributed by atoms with Crippen molar-refractivity contribution in [2.75, 3.05) is 19.8 Å². The third kappa shape index (κ3) is 3.28. The van der Waals surface area contributed by atoms with Crippen LogP contribution in [0.4, 0.5) is 0 Å². The number of benzene rings is 1. The minimum absolute atomic E-state index is 0.0160. The van der Waals surface area contributed by atoms with Crippen molar-refractivity contribution in [3.63, 3.8) is 0 Å². The fraction of sp³-hybridized carbons (Fsp3) is 0.462. The van der Waals surface area contributed by atoms with Crippen LogP contribution in [0.25, 0.3) is 0 Å². The Morgan fingerprint density at radius 2 is 2.37 bits per heavy atom. The van der Waals surface area contributed by atoms with Crippen LogP contribution in [0.3, 0.4) is 0 Å². The molecule has 1 heterocycles. The summed E-state index contributed by atoms with van der Waals surface area (Å²) in [7, 11) is 0. The van der Waals surface area contributed by atoms with Crippen molar-refractivity contribution < 1.29 is 14.6 Å². The summed E-state index contributed by atoms with van der Waals surface area (Å²) in [5.74, 6) is -0.0938. The fourth-order valence-electron chi connectivity index (χ4n) is 2.01. The molecule has 6 heteroatoms. The van der Waals surface area contributed by atoms with E-state index in [4.69, 9.17) is 21.4 Å². The molecule has 2 atom stereocenters. The van der Waals surface area contributed by atoms with Crippen molar-refractivity contribution in [2.24, 2.45) is 0 Å². The van der Waals surface area contributed by atoms with Crippen LogP contribution in [0.1, 0.15) is 17.3 Å². The van der Waals surface area contributed by atoms with Crippen LogP contribution in [-0.2, 0) is 4.74 Å². The van der Waals surface area contributed by atoms with E-state index in [9.17, 15) is 4.79 Å². The van der Waals surface area contributed by atoms with Crippen LogP contribution in [0.15, 0.2) is 22.7 Å². The Morgan fingerprint density at radius 1 is 1.63 bits per heavy atom. The molecule has 1 aliphatic heterocycles. The number of amides is 1. The second-order valence-corrected chi connectivity index (χ2v) is 5.83. The van der Waals surface area contributed by atoms with Gasteiger partial charge in [-0.3, -0.25) is 4.79 Å². The highest BCUT2D eigenvalue weighted by Crippen LogP contribution is 2.25. The number of carbonyl (C=O) groups is 1. The van der Waals surface area contributed by atoms with Crippen molar-refractivity contribution in [3.8, 4) is 0 Å². The van der Waals surface area contributed by atoms with Gasteiger partial charge in [-0.1, -0.05) is 11.6 Å². The number of halogens is 2. The monoisotopic (exact) mass is 347 g/mol. The summed E-state index contributed by atoms with van der Waals surface area (Å²) in [5.41, 5.74) is 0.540. The third-order valence-corrected chi connectivity index (χ3v) is 4.37. The molecule has 1 aliphatic rings. The van der Waals surface area contributed by atoms with E-state index in [2.05, 4.69) is 15.9 Å². The lowest BCUT2D eigenvalue weighted by atomic mass is 10.1. The quantitative estimate of drug-likeness (QED) is 0.892. The van der Waals surface area contributed by atoms with Gasteiger partial charge in [-0.15, -0.1) is 0 Å². The van der Waals surface area contributed by atoms with Crippen molar-refractivity contribution in [3.05, 3.63) is 33.3 Å². The topological polar surface area (TPSA) is 49.8 Å². The summed E-state index contributed by atoms with van der Waals surface area (Å²) >= 11 is 9.30. The van der Waals surface area contributed by atoms with Gasteiger partial charge in [0.15, 0.2) is 0 Å². The van der Waals surface area contributed by atoms with Gasteiger partial charge in [-0.25, -0.2) is 0 Å². The highest BCUT2D eigenvalue weighted by atomic mass is 79.9. The van der Waals surface area contributed by atoms with Gasteiger partial charge in [0.05, 0.1) is 30.4 Å². The van der Waals surface area contributed by atoms with Gasteiger partial charge in [-0.2, -0.15) is 0 Å². The molecular formula is C13H15BrClNO3. The highest BCUT2D eigenvalue weighted by Gasteiger charge is 2.30. The lowest BCUT2D eigenvalue weighted by Crippen LogP contribution is -2.52. The Balaban J connectivity index is 2.19. The van der Waals surface area contributed by atoms with Crippen molar-refractivity contribution in [1.82, 2.24) is 4.90 Å². The Hall–Kier alpha value is -0.620. The molecule has 1 N–H and O–H groups in total. The lowest BCUT2D eigenvalue weighted by Gasteiger charge is -2.37. The molecule has 2 rings (SSSR count). The average molecular weight is 349 g/mol. The van der Waals surface area contributed by atoms with E-state index in [1.807, 2.05) is 6.92 Å². The Morgan fingerprint density at radius 3 is 3.00 bits per heavy atom. The number of carbonyl (C=O) groups excluding carboxylic acids is 1. The van der Waals surface area contributed by atoms with Crippen molar-refractivity contribution in [1.29, 1.82) is 0 Å². The predicted octanol–water partition coefficient (Wildman–Crippen LogP) is 2.32. The summed E-state index contributed by atoms with van der Waals surface area (Å²) < 4.78 is 6.18. The first-order valence-corrected chi connectivity index (χ1v) is 7.18. The number of ether oxygens (including phenoxy) is 1. The maximum Gasteiger partial charge on any atom is 0.254 e. The van der Waals surface area contributed by atoms with Crippen molar-refractivity contribution >= 4 is 33.4 Å². The molecule has 0 bridgehead atoms. The third-order valence-electron chi connectivity index (χ3n) is 3.14. The Bertz CT molecular complexity index is 483. The van der Waals surface area contributed by atoms with Crippen LogP contribution >= 0.6 is 27.5 Å². The Kier molecular flexibility index (Phi) is 4.84. The summed E-state index contributed by atoms with van der Waals surface area (Å²) in [6.07, 6.45) is -0.314. The van der Waals surface area contributed by atoms with E-state index < -0.39 is 0 Å². The molecule has 1 aromatic carbocycles. The minimum Gasteiger partial charge on any atom is -0.394 e. The predicted molar refractivity (Wildman–Crippen MR) is 76.5 cm³/mol. The largest absolute Gasteiger partial charge is 0.394 e. The molecule has 4 nitrogen and oxygen atoms in total. The van der Waals surface area contributed by atoms with Crippen LogP contribution in [0, 0.1) is 0 Å². The van der Waals surface area contributed by atoms with Crippen LogP contribution < -0.4 is 0 Å². The van der Waals surface area contributed by atoms with Gasteiger partial charge in [0.1, 0.15) is 0 Å². The first-order chi connectivity index (χ1) is 9.02. The van der Waals surface area contributed by atoms with Gasteiger partial charge in [0.25, 0.3) is 5.91 Å². The number of aliphatic hydroxyl groups excluding tert-OH is 1. The SMILES string of the molecule is CC1COC(CO)CN1C(=O)c1ccc(Br)c(Cl)c1. The number of morpholine rings is 1. The summed E-state index contributed by atoms with van der Waals surface area (Å²) in [6, 6.07) is 5.11. The molecule has 19 heavy (non-hydrogen) atoms. The maximum absolute atomic E-state index is 12.4. The number of nitrogens with zero attached hydrogens (tertiary/aromatic N) is 1. The van der Waals surface area contributed by atoms with Crippen LogP contribution in [0.5, 0.6) is 0 Å². The molecule has 0 saturated carbocycles. The fourth-order valence-corrected chi connectivity index (χ4v) is 2.43. The average Bonchev–Trinajstić information content (AvgIpc) is 2.41. The summed E-state index contributed by atoms with van der Waals surface area (Å²) in [5, 5.41) is 9.64. The molecular weight excluding hydrogens is 334 g/mol. The zero-order valence-electron chi connectivity index (χ0n) is 10.5. The second-order valence-electron chi connectivity index (χ2n) is 4.57. The van der Waals surface area contributed by atoms with E-state index in [0.717, 1.165) is 4.47 Å². The first kappa shape index (κ1) is 14.8. The smallest absolute Gasteiger partial charge is 0.254 e. The summed E-state index contributed by atoms with van der Waals surface area (Å²) in [4.78, 5) is 14.2. The van der Waals surface area contributed by atoms with Gasteiger partial charge in [0.2, 0.25) is 0 Å². The minimum atomic E-state index is -0.314. The zero-order valence-corrected chi connectivity index (χ0v) is 12.8. The molecule has 0 aromatic heterocycles. The van der Waals surface area contributed by atoms with Gasteiger partial charge >= 0.3 is 0 Å². The maximum atomic E-state index is 12.4. The molecule has 2 unspecified atom stereocenters. The van der Waals surface area contributed by atoms with Gasteiger partial charge in [0, 0.05) is 16.6 Å². The van der Waals surface area contributed by atoms with Crippen molar-refractivity contribution in [2.45, 2.75) is 19.1 Å². The molecule has 1 fully saturated rings. The molecule has 0 radical (unpaired) electrons. The normalized spacial score (nSPS) is 23.5. The van der Waals surface area contributed by atoms with Crippen LogP contribution in [-0.4, -0.2) is 47.8 Å². The van der Waals surface area contributed by atoms with Gasteiger partial charge < -0.3 is 14.7 Å². The standard InChI is InChI=1S/C13H15BrClNO3/c1-8-7-19-10(6-17)5-16(8)13(18)9-2-3-11(14)12(15)4-9/h2-4,8,10,17H,5-7H2,1H3. The number of rotatable bonds is 2. The lowest BCUT2D eigenvalue weighted by molar-refractivity contribution is -0.0667. The number of aliphatic hydroxyl groups is 1. The summed E-state index contributed by atoms with van der Waals surface area (Å²) in [6.45, 7) is 2.66. The highest BCUT2D eigenvalue weighted by molar-refractivity contribution is 9.10. The number of hydrogen-bond donors (Lipinski definition) is 1. The first-order valence-electron chi connectivity index (χ1n) is 6.01. The molecule has 1 amide bonds. The molecule has 1 aromatic rings. The second kappa shape index (κ2) is 6.22. The van der Waals surface area contributed by atoms with Crippen LogP contribution in [0.2, 0.25) is 5.02 Å².